The summed E-state index contributed by atoms with van der Waals surface area (Å²) in [6.45, 7) is 0.443. The number of ether oxygens (including phenoxy) is 1. The Balaban J connectivity index is 1.36. The van der Waals surface area contributed by atoms with Crippen LogP contribution in [0.2, 0.25) is 5.02 Å². The molecule has 0 amide bonds. The minimum absolute atomic E-state index is 0.0482. The van der Waals surface area contributed by atoms with E-state index in [0.717, 1.165) is 31.2 Å². The van der Waals surface area contributed by atoms with E-state index < -0.39 is 34.8 Å². The SMILES string of the molecule is O=C([O-])c1cc(C2CC2)c(OCC2(F)CCN(Cc3ncc(C(F)(F)F)cc3Cl)CC2)cc1F. The number of likely N-dealkylation sites (tertiary alicyclic amines) is 1. The molecule has 2 aromatic rings. The fourth-order valence-electron chi connectivity index (χ4n) is 3.98. The average molecular weight is 504 g/mol. The maximum atomic E-state index is 15.4. The molecule has 0 bridgehead atoms. The van der Waals surface area contributed by atoms with E-state index in [9.17, 15) is 27.5 Å². The summed E-state index contributed by atoms with van der Waals surface area (Å²) in [7, 11) is 0. The van der Waals surface area contributed by atoms with E-state index in [2.05, 4.69) is 4.98 Å². The highest BCUT2D eigenvalue weighted by atomic mass is 35.5. The van der Waals surface area contributed by atoms with Crippen LogP contribution in [0.4, 0.5) is 22.0 Å². The van der Waals surface area contributed by atoms with Gasteiger partial charge in [-0.1, -0.05) is 11.6 Å². The van der Waals surface area contributed by atoms with Gasteiger partial charge < -0.3 is 14.6 Å². The molecule has 1 aromatic heterocycles. The van der Waals surface area contributed by atoms with Crippen molar-refractivity contribution in [3.8, 4) is 5.75 Å². The van der Waals surface area contributed by atoms with Gasteiger partial charge in [-0.2, -0.15) is 13.2 Å². The van der Waals surface area contributed by atoms with Crippen molar-refractivity contribution < 1.29 is 36.6 Å². The number of piperidine rings is 1. The molecule has 1 saturated heterocycles. The molecule has 2 aliphatic rings. The second-order valence-electron chi connectivity index (χ2n) is 8.80. The van der Waals surface area contributed by atoms with E-state index in [0.29, 0.717) is 18.7 Å². The van der Waals surface area contributed by atoms with Crippen molar-refractivity contribution in [1.82, 2.24) is 9.88 Å². The van der Waals surface area contributed by atoms with Crippen molar-refractivity contribution in [2.75, 3.05) is 19.7 Å². The molecule has 1 aliphatic heterocycles. The van der Waals surface area contributed by atoms with Gasteiger partial charge in [0.05, 0.1) is 22.2 Å². The lowest BCUT2D eigenvalue weighted by atomic mass is 9.94. The third kappa shape index (κ3) is 5.60. The molecule has 11 heteroatoms. The van der Waals surface area contributed by atoms with E-state index in [1.165, 1.54) is 6.07 Å². The number of carboxylic acid groups (broad SMARTS) is 1. The first kappa shape index (κ1) is 24.7. The Bertz CT molecular complexity index is 1080. The molecule has 0 atom stereocenters. The number of rotatable bonds is 7. The topological polar surface area (TPSA) is 65.5 Å². The number of hydrogen-bond donors (Lipinski definition) is 0. The minimum Gasteiger partial charge on any atom is -0.545 e. The van der Waals surface area contributed by atoms with Gasteiger partial charge >= 0.3 is 6.18 Å². The summed E-state index contributed by atoms with van der Waals surface area (Å²) in [5.74, 6) is -2.44. The van der Waals surface area contributed by atoms with Crippen molar-refractivity contribution >= 4 is 17.6 Å². The summed E-state index contributed by atoms with van der Waals surface area (Å²) < 4.78 is 73.5. The number of hydrogen-bond acceptors (Lipinski definition) is 5. The lowest BCUT2D eigenvalue weighted by Crippen LogP contribution is -2.44. The molecule has 1 aliphatic carbocycles. The Hall–Kier alpha value is -2.46. The minimum atomic E-state index is -4.54. The number of carboxylic acids is 1. The quantitative estimate of drug-likeness (QED) is 0.520. The molecular formula is C23H21ClF5N2O3-. The summed E-state index contributed by atoms with van der Waals surface area (Å²) in [4.78, 5) is 16.8. The number of alkyl halides is 4. The summed E-state index contributed by atoms with van der Waals surface area (Å²) in [6.07, 6.45) is -2.02. The highest BCUT2D eigenvalue weighted by Gasteiger charge is 2.37. The predicted octanol–water partition coefficient (Wildman–Crippen LogP) is 4.52. The van der Waals surface area contributed by atoms with E-state index in [4.69, 9.17) is 16.3 Å². The van der Waals surface area contributed by atoms with Crippen LogP contribution >= 0.6 is 11.6 Å². The van der Waals surface area contributed by atoms with Crippen LogP contribution in [-0.2, 0) is 12.7 Å². The van der Waals surface area contributed by atoms with Gasteiger partial charge in [0.1, 0.15) is 23.8 Å². The zero-order valence-electron chi connectivity index (χ0n) is 17.9. The average Bonchev–Trinajstić information content (AvgIpc) is 3.60. The summed E-state index contributed by atoms with van der Waals surface area (Å²) in [5, 5.41) is 11.0. The number of nitrogens with zero attached hydrogens (tertiary/aromatic N) is 2. The van der Waals surface area contributed by atoms with Crippen molar-refractivity contribution in [3.63, 3.8) is 0 Å². The van der Waals surface area contributed by atoms with Crippen LogP contribution < -0.4 is 9.84 Å². The molecule has 0 spiro atoms. The summed E-state index contributed by atoms with van der Waals surface area (Å²) in [5.41, 5.74) is -2.37. The van der Waals surface area contributed by atoms with Gasteiger partial charge in [0.2, 0.25) is 0 Å². The Kier molecular flexibility index (Phi) is 6.74. The molecule has 0 radical (unpaired) electrons. The first-order valence-corrected chi connectivity index (χ1v) is 11.1. The van der Waals surface area contributed by atoms with Gasteiger partial charge in [0.25, 0.3) is 0 Å². The molecular weight excluding hydrogens is 483 g/mol. The van der Waals surface area contributed by atoms with Gasteiger partial charge in [-0.25, -0.2) is 8.78 Å². The van der Waals surface area contributed by atoms with Crippen molar-refractivity contribution in [3.05, 3.63) is 57.6 Å². The Morgan fingerprint density at radius 3 is 2.47 bits per heavy atom. The van der Waals surface area contributed by atoms with Gasteiger partial charge in [-0.05, 0) is 49.3 Å². The molecule has 1 aromatic carbocycles. The van der Waals surface area contributed by atoms with Crippen LogP contribution in [0, 0.1) is 5.82 Å². The van der Waals surface area contributed by atoms with Crippen LogP contribution in [0.1, 0.15) is 58.8 Å². The van der Waals surface area contributed by atoms with Crippen LogP contribution in [0.3, 0.4) is 0 Å². The molecule has 1 saturated carbocycles. The largest absolute Gasteiger partial charge is 0.545 e. The van der Waals surface area contributed by atoms with Gasteiger partial charge in [0.15, 0.2) is 0 Å². The van der Waals surface area contributed by atoms with Crippen LogP contribution in [0.15, 0.2) is 24.4 Å². The van der Waals surface area contributed by atoms with E-state index in [-0.39, 0.29) is 48.4 Å². The Morgan fingerprint density at radius 2 is 1.91 bits per heavy atom. The van der Waals surface area contributed by atoms with Crippen molar-refractivity contribution in [1.29, 1.82) is 0 Å². The molecule has 34 heavy (non-hydrogen) atoms. The molecule has 0 unspecified atom stereocenters. The maximum absolute atomic E-state index is 15.4. The third-order valence-corrected chi connectivity index (χ3v) is 6.52. The number of aromatic nitrogens is 1. The third-order valence-electron chi connectivity index (χ3n) is 6.19. The molecule has 2 heterocycles. The number of aromatic carboxylic acids is 1. The molecule has 184 valence electrons. The highest BCUT2D eigenvalue weighted by molar-refractivity contribution is 6.31. The smallest absolute Gasteiger partial charge is 0.417 e. The van der Waals surface area contributed by atoms with Crippen LogP contribution in [0.25, 0.3) is 0 Å². The number of halogens is 6. The number of pyridine rings is 1. The Labute approximate surface area is 197 Å². The fourth-order valence-corrected chi connectivity index (χ4v) is 4.21. The van der Waals surface area contributed by atoms with Gasteiger partial charge in [-0.3, -0.25) is 9.88 Å². The second-order valence-corrected chi connectivity index (χ2v) is 9.20. The Morgan fingerprint density at radius 1 is 1.24 bits per heavy atom. The molecule has 2 fully saturated rings. The summed E-state index contributed by atoms with van der Waals surface area (Å²) >= 11 is 5.96. The lowest BCUT2D eigenvalue weighted by molar-refractivity contribution is -0.255. The summed E-state index contributed by atoms with van der Waals surface area (Å²) in [6, 6.07) is 2.99. The van der Waals surface area contributed by atoms with Crippen LogP contribution in [-0.4, -0.2) is 41.2 Å². The van der Waals surface area contributed by atoms with E-state index in [1.807, 2.05) is 4.90 Å². The number of carbonyl (C=O) groups is 1. The molecule has 0 N–H and O–H groups in total. The standard InChI is InChI=1S/C23H22ClF5N2O3/c24-17-7-14(23(27,28)29)10-30-19(17)11-31-5-3-22(26,4-6-31)12-34-20-9-18(25)16(21(32)33)8-15(20)13-1-2-13/h7-10,13H,1-6,11-12H2,(H,32,33)/p-1. The van der Waals surface area contributed by atoms with E-state index >= 15 is 4.39 Å². The molecule has 5 nitrogen and oxygen atoms in total. The van der Waals surface area contributed by atoms with E-state index in [1.54, 1.807) is 0 Å². The first-order chi connectivity index (χ1) is 15.9. The highest BCUT2D eigenvalue weighted by Crippen LogP contribution is 2.45. The maximum Gasteiger partial charge on any atom is 0.417 e. The van der Waals surface area contributed by atoms with Gasteiger partial charge in [0, 0.05) is 37.5 Å². The zero-order valence-corrected chi connectivity index (χ0v) is 18.7. The van der Waals surface area contributed by atoms with Crippen LogP contribution in [0.5, 0.6) is 5.75 Å². The van der Waals surface area contributed by atoms with Crippen molar-refractivity contribution in [2.24, 2.45) is 0 Å². The second kappa shape index (κ2) is 9.30. The fraction of sp³-hybridized carbons (Fsp3) is 0.478. The normalized spacial score (nSPS) is 18.6. The first-order valence-electron chi connectivity index (χ1n) is 10.8. The van der Waals surface area contributed by atoms with Crippen molar-refractivity contribution in [2.45, 2.75) is 50.0 Å². The van der Waals surface area contributed by atoms with Gasteiger partial charge in [-0.15, -0.1) is 0 Å². The zero-order chi connectivity index (χ0) is 24.7. The monoisotopic (exact) mass is 503 g/mol. The molecule has 4 rings (SSSR count). The number of carbonyl (C=O) groups excluding carboxylic acids is 1. The predicted molar refractivity (Wildman–Crippen MR) is 111 cm³/mol. The number of benzene rings is 1. The lowest BCUT2D eigenvalue weighted by Gasteiger charge is -2.36.